The maximum atomic E-state index is 7.01. The highest BCUT2D eigenvalue weighted by molar-refractivity contribution is 7.26. The van der Waals surface area contributed by atoms with Crippen molar-refractivity contribution >= 4 is 66.1 Å². The maximum absolute atomic E-state index is 7.01. The Morgan fingerprint density at radius 1 is 0.649 bits per heavy atom. The van der Waals surface area contributed by atoms with Gasteiger partial charge in [-0.3, -0.25) is 10.4 Å². The zero-order valence-corrected chi connectivity index (χ0v) is 32.2. The van der Waals surface area contributed by atoms with Crippen LogP contribution in [0.3, 0.4) is 0 Å². The van der Waals surface area contributed by atoms with Crippen LogP contribution < -0.4 is 5.73 Å². The van der Waals surface area contributed by atoms with Crippen molar-refractivity contribution in [2.75, 3.05) is 0 Å². The lowest BCUT2D eigenvalue weighted by molar-refractivity contribution is 0.668. The summed E-state index contributed by atoms with van der Waals surface area (Å²) in [5.74, 6) is 0.847. The number of aromatic nitrogens is 2. The third-order valence-corrected chi connectivity index (χ3v) is 10.8. The Morgan fingerprint density at radius 2 is 1.30 bits per heavy atom. The quantitative estimate of drug-likeness (QED) is 0.130. The Balaban J connectivity index is 0.000000237. The summed E-state index contributed by atoms with van der Waals surface area (Å²) in [5.41, 5.74) is 16.4. The molecule has 6 nitrogen and oxygen atoms in total. The Bertz CT molecular complexity index is 2970. The van der Waals surface area contributed by atoms with Crippen LogP contribution in [0.5, 0.6) is 0 Å². The number of nitrogens with one attached hydrogen (secondary N) is 1. The van der Waals surface area contributed by atoms with E-state index in [4.69, 9.17) is 25.5 Å². The fourth-order valence-electron chi connectivity index (χ4n) is 6.81. The van der Waals surface area contributed by atoms with E-state index in [0.29, 0.717) is 6.54 Å². The predicted molar refractivity (Wildman–Crippen MR) is 240 cm³/mol. The first kappa shape index (κ1) is 36.7. The number of hydrogen-bond donors (Lipinski definition) is 2. The molecule has 0 radical (unpaired) electrons. The summed E-state index contributed by atoms with van der Waals surface area (Å²) in [6.07, 6.45) is 0. The average molecular weight is 758 g/mol. The molecule has 3 N–H and O–H groups in total. The van der Waals surface area contributed by atoms with Gasteiger partial charge >= 0.3 is 0 Å². The minimum Gasteiger partial charge on any atom is -0.456 e. The van der Waals surface area contributed by atoms with Gasteiger partial charge in [0.1, 0.15) is 17.0 Å². The molecule has 10 aromatic rings. The Kier molecular flexibility index (Phi) is 10.7. The summed E-state index contributed by atoms with van der Waals surface area (Å²) in [6.45, 7) is 6.32. The highest BCUT2D eigenvalue weighted by Gasteiger charge is 2.17. The molecule has 0 amide bonds. The number of nitrogen functional groups attached to an aromatic ring is 1. The molecule has 0 saturated carbocycles. The number of nitrogens with zero attached hydrogens (tertiary/aromatic N) is 3. The number of benzene rings is 7. The van der Waals surface area contributed by atoms with Crippen LogP contribution in [0.25, 0.3) is 76.0 Å². The van der Waals surface area contributed by atoms with Gasteiger partial charge < -0.3 is 10.2 Å². The van der Waals surface area contributed by atoms with Crippen molar-refractivity contribution < 1.29 is 4.42 Å². The largest absolute Gasteiger partial charge is 0.456 e. The monoisotopic (exact) mass is 757 g/mol. The summed E-state index contributed by atoms with van der Waals surface area (Å²) >= 11 is 1.75. The predicted octanol–water partition coefficient (Wildman–Crippen LogP) is 12.9. The minimum absolute atomic E-state index is 0.121. The highest BCUT2D eigenvalue weighted by Crippen LogP contribution is 2.40. The molecule has 7 heteroatoms. The fraction of sp³-hybridized carbons (Fsp3) is 0.0400. The van der Waals surface area contributed by atoms with Gasteiger partial charge in [-0.25, -0.2) is 9.97 Å². The molecule has 10 rings (SSSR count). The van der Waals surface area contributed by atoms with E-state index in [-0.39, 0.29) is 5.84 Å². The second-order valence-electron chi connectivity index (χ2n) is 13.5. The average Bonchev–Trinajstić information content (AvgIpc) is 3.84. The molecule has 0 bridgehead atoms. The number of aryl methyl sites for hydroxylation is 1. The van der Waals surface area contributed by atoms with Crippen LogP contribution in [0.15, 0.2) is 185 Å². The van der Waals surface area contributed by atoms with Gasteiger partial charge in [-0.2, -0.15) is 0 Å². The summed E-state index contributed by atoms with van der Waals surface area (Å²) < 4.78 is 8.47. The van der Waals surface area contributed by atoms with Gasteiger partial charge in [0.05, 0.1) is 22.5 Å². The molecule has 0 aliphatic rings. The van der Waals surface area contributed by atoms with Gasteiger partial charge in [0.2, 0.25) is 0 Å². The summed E-state index contributed by atoms with van der Waals surface area (Å²) in [5, 5.41) is 10.4. The zero-order chi connectivity index (χ0) is 39.1. The molecular weight excluding hydrogens is 719 g/mol. The lowest BCUT2D eigenvalue weighted by Crippen LogP contribution is -2.10. The van der Waals surface area contributed by atoms with Crippen molar-refractivity contribution in [2.24, 2.45) is 10.7 Å². The van der Waals surface area contributed by atoms with E-state index in [9.17, 15) is 0 Å². The summed E-state index contributed by atoms with van der Waals surface area (Å²) in [4.78, 5) is 14.3. The number of fused-ring (bicyclic) bond motifs is 6. The minimum atomic E-state index is 0.121. The van der Waals surface area contributed by atoms with Crippen molar-refractivity contribution in [3.8, 4) is 33.8 Å². The smallest absolute Gasteiger partial charge is 0.160 e. The number of amidine groups is 1. The van der Waals surface area contributed by atoms with Crippen molar-refractivity contribution in [1.82, 2.24) is 9.97 Å². The molecule has 3 aromatic heterocycles. The molecule has 0 fully saturated rings. The zero-order valence-electron chi connectivity index (χ0n) is 31.4. The third-order valence-electron chi connectivity index (χ3n) is 9.63. The summed E-state index contributed by atoms with van der Waals surface area (Å²) in [7, 11) is 0. The van der Waals surface area contributed by atoms with Crippen molar-refractivity contribution in [2.45, 2.75) is 13.5 Å². The van der Waals surface area contributed by atoms with E-state index in [2.05, 4.69) is 128 Å². The maximum Gasteiger partial charge on any atom is 0.160 e. The van der Waals surface area contributed by atoms with Crippen LogP contribution in [0.4, 0.5) is 0 Å². The molecule has 0 aliphatic heterocycles. The van der Waals surface area contributed by atoms with Crippen LogP contribution in [0.2, 0.25) is 0 Å². The number of nitrogens with two attached hydrogens (primary N) is 1. The number of thiophene rings is 1. The van der Waals surface area contributed by atoms with E-state index in [1.54, 1.807) is 11.3 Å². The molecule has 57 heavy (non-hydrogen) atoms. The van der Waals surface area contributed by atoms with Crippen LogP contribution in [-0.4, -0.2) is 22.5 Å². The molecule has 7 aromatic carbocycles. The van der Waals surface area contributed by atoms with Crippen molar-refractivity contribution in [3.05, 3.63) is 193 Å². The molecular formula is C50H39N5OS. The van der Waals surface area contributed by atoms with Crippen LogP contribution >= 0.6 is 11.3 Å². The lowest BCUT2D eigenvalue weighted by Gasteiger charge is -2.08. The van der Waals surface area contributed by atoms with Gasteiger partial charge in [0.25, 0.3) is 0 Å². The van der Waals surface area contributed by atoms with E-state index in [1.807, 2.05) is 66.7 Å². The highest BCUT2D eigenvalue weighted by atomic mass is 32.1. The van der Waals surface area contributed by atoms with Crippen molar-refractivity contribution in [1.29, 1.82) is 5.41 Å². The third kappa shape index (κ3) is 7.96. The molecule has 0 atom stereocenters. The Labute approximate surface area is 335 Å². The molecule has 3 heterocycles. The lowest BCUT2D eigenvalue weighted by atomic mass is 10.00. The van der Waals surface area contributed by atoms with Gasteiger partial charge in [-0.05, 0) is 54.6 Å². The summed E-state index contributed by atoms with van der Waals surface area (Å²) in [6, 6.07) is 59.3. The van der Waals surface area contributed by atoms with E-state index < -0.39 is 0 Å². The molecule has 276 valence electrons. The molecule has 0 unspecified atom stereocenters. The number of furan rings is 1. The number of rotatable bonds is 6. The number of aliphatic imine (C=N–C) groups is 1. The van der Waals surface area contributed by atoms with E-state index in [0.717, 1.165) is 82.4 Å². The molecule has 0 aliphatic carbocycles. The van der Waals surface area contributed by atoms with Crippen LogP contribution in [-0.2, 0) is 6.54 Å². The first-order valence-corrected chi connectivity index (χ1v) is 19.4. The second-order valence-corrected chi connectivity index (χ2v) is 14.6. The first-order chi connectivity index (χ1) is 28.0. The van der Waals surface area contributed by atoms with Crippen LogP contribution in [0.1, 0.15) is 16.7 Å². The van der Waals surface area contributed by atoms with Crippen molar-refractivity contribution in [3.63, 3.8) is 0 Å². The van der Waals surface area contributed by atoms with Gasteiger partial charge in [-0.1, -0.05) is 157 Å². The SMILES string of the molecule is C=NCc1cccc2oc3ccc(-c4ccc(-c5nc(-c6ccccc6)c6sc7ccccc7c6n5)cc4)cc3c12.Cc1ccccc1.N=C(N)c1ccccc1. The van der Waals surface area contributed by atoms with Gasteiger partial charge in [0.15, 0.2) is 5.82 Å². The Morgan fingerprint density at radius 3 is 1.96 bits per heavy atom. The van der Waals surface area contributed by atoms with E-state index >= 15 is 0 Å². The second kappa shape index (κ2) is 16.7. The fourth-order valence-corrected chi connectivity index (χ4v) is 7.96. The van der Waals surface area contributed by atoms with Gasteiger partial charge in [-0.15, -0.1) is 11.3 Å². The Hall–Kier alpha value is -7.22. The molecule has 0 spiro atoms. The standard InChI is InChI=1S/C36H23N3OS.C7H8N2.C7H8/c1-37-21-26-10-7-12-30-32(26)28-20-25(18-19-29(28)40-30)22-14-16-24(17-15-22)36-38-33(23-8-3-2-4-9-23)35-34(39-36)27-11-5-6-13-31(27)41-35;8-7(9)6-4-2-1-3-5-6;1-7-5-3-2-4-6-7/h2-20H,1,21H2;1-5H,(H3,8,9);2-6H,1H3. The molecule has 0 saturated heterocycles. The van der Waals surface area contributed by atoms with Gasteiger partial charge in [0, 0.05) is 37.5 Å². The van der Waals surface area contributed by atoms with E-state index in [1.165, 1.54) is 10.3 Å². The topological polar surface area (TPSA) is 101 Å². The van der Waals surface area contributed by atoms with Crippen LogP contribution in [0, 0.1) is 12.3 Å². The number of hydrogen-bond acceptors (Lipinski definition) is 6. The first-order valence-electron chi connectivity index (χ1n) is 18.6. The normalized spacial score (nSPS) is 10.8.